The molecule has 1 heterocycles. The van der Waals surface area contributed by atoms with Crippen molar-refractivity contribution in [2.45, 2.75) is 20.3 Å². The first-order chi connectivity index (χ1) is 7.70. The molecule has 3 heteroatoms. The third kappa shape index (κ3) is 1.96. The van der Waals surface area contributed by atoms with Gasteiger partial charge in [-0.3, -0.25) is 0 Å². The average Bonchev–Trinajstić information content (AvgIpc) is 2.71. The second kappa shape index (κ2) is 4.19. The van der Waals surface area contributed by atoms with Gasteiger partial charge in [0.05, 0.1) is 12.5 Å². The van der Waals surface area contributed by atoms with Crippen molar-refractivity contribution in [3.8, 4) is 17.5 Å². The smallest absolute Gasteiger partial charge is 0.137 e. The van der Waals surface area contributed by atoms with Crippen molar-refractivity contribution in [3.05, 3.63) is 41.2 Å². The van der Waals surface area contributed by atoms with Crippen LogP contribution in [0.1, 0.15) is 16.8 Å². The summed E-state index contributed by atoms with van der Waals surface area (Å²) in [4.78, 5) is 7.47. The topological polar surface area (TPSA) is 52.5 Å². The Morgan fingerprint density at radius 2 is 2.19 bits per heavy atom. The van der Waals surface area contributed by atoms with Crippen LogP contribution in [0.15, 0.2) is 24.4 Å². The van der Waals surface area contributed by atoms with Crippen LogP contribution < -0.4 is 0 Å². The van der Waals surface area contributed by atoms with Gasteiger partial charge >= 0.3 is 0 Å². The molecule has 0 fully saturated rings. The van der Waals surface area contributed by atoms with Crippen molar-refractivity contribution in [1.82, 2.24) is 9.97 Å². The fourth-order valence-electron chi connectivity index (χ4n) is 1.66. The van der Waals surface area contributed by atoms with Gasteiger partial charge in [-0.05, 0) is 25.5 Å². The number of aromatic nitrogens is 2. The van der Waals surface area contributed by atoms with Crippen molar-refractivity contribution in [3.63, 3.8) is 0 Å². The molecule has 80 valence electrons. The molecule has 0 bridgehead atoms. The van der Waals surface area contributed by atoms with Crippen LogP contribution in [-0.4, -0.2) is 9.97 Å². The molecule has 0 saturated carbocycles. The number of aryl methyl sites for hydroxylation is 2. The quantitative estimate of drug-likeness (QED) is 0.830. The Morgan fingerprint density at radius 3 is 2.94 bits per heavy atom. The molecule has 2 rings (SSSR count). The zero-order valence-corrected chi connectivity index (χ0v) is 9.41. The van der Waals surface area contributed by atoms with E-state index in [9.17, 15) is 0 Å². The van der Waals surface area contributed by atoms with Gasteiger partial charge in [-0.25, -0.2) is 4.98 Å². The van der Waals surface area contributed by atoms with Crippen LogP contribution in [0.3, 0.4) is 0 Å². The SMILES string of the molecule is Cc1ccc(C)c(-c2ncc(CC#N)[nH]2)c1. The summed E-state index contributed by atoms with van der Waals surface area (Å²) < 4.78 is 0. The molecule has 0 aliphatic carbocycles. The summed E-state index contributed by atoms with van der Waals surface area (Å²) in [6.07, 6.45) is 2.10. The molecule has 0 aliphatic rings. The summed E-state index contributed by atoms with van der Waals surface area (Å²) in [6.45, 7) is 4.11. The molecule has 1 aromatic carbocycles. The molecule has 16 heavy (non-hydrogen) atoms. The Labute approximate surface area is 94.8 Å². The summed E-state index contributed by atoms with van der Waals surface area (Å²) >= 11 is 0. The highest BCUT2D eigenvalue weighted by molar-refractivity contribution is 5.61. The maximum absolute atomic E-state index is 8.60. The number of H-pyrrole nitrogens is 1. The standard InChI is InChI=1S/C13H13N3/c1-9-3-4-10(2)12(7-9)13-15-8-11(16-13)5-6-14/h3-4,7-8H,5H2,1-2H3,(H,15,16). The zero-order valence-electron chi connectivity index (χ0n) is 9.41. The number of nitrogens with one attached hydrogen (secondary N) is 1. The van der Waals surface area contributed by atoms with Crippen LogP contribution in [0.25, 0.3) is 11.4 Å². The number of benzene rings is 1. The minimum Gasteiger partial charge on any atom is -0.341 e. The van der Waals surface area contributed by atoms with Gasteiger partial charge in [-0.1, -0.05) is 17.7 Å². The van der Waals surface area contributed by atoms with Gasteiger partial charge in [0, 0.05) is 17.5 Å². The maximum atomic E-state index is 8.60. The molecule has 1 N–H and O–H groups in total. The van der Waals surface area contributed by atoms with Gasteiger partial charge in [0.1, 0.15) is 5.82 Å². The normalized spacial score (nSPS) is 10.1. The van der Waals surface area contributed by atoms with Gasteiger partial charge in [-0.2, -0.15) is 5.26 Å². The van der Waals surface area contributed by atoms with E-state index >= 15 is 0 Å². The van der Waals surface area contributed by atoms with Crippen LogP contribution >= 0.6 is 0 Å². The lowest BCUT2D eigenvalue weighted by molar-refractivity contribution is 1.15. The number of hydrogen-bond donors (Lipinski definition) is 1. The lowest BCUT2D eigenvalue weighted by atomic mass is 10.1. The molecule has 0 aliphatic heterocycles. The van der Waals surface area contributed by atoms with E-state index in [0.29, 0.717) is 6.42 Å². The molecular weight excluding hydrogens is 198 g/mol. The highest BCUT2D eigenvalue weighted by Gasteiger charge is 2.06. The summed E-state index contributed by atoms with van der Waals surface area (Å²) in [5, 5.41) is 8.60. The van der Waals surface area contributed by atoms with E-state index in [1.165, 1.54) is 11.1 Å². The van der Waals surface area contributed by atoms with E-state index in [4.69, 9.17) is 5.26 Å². The Kier molecular flexibility index (Phi) is 2.74. The number of hydrogen-bond acceptors (Lipinski definition) is 2. The molecule has 0 unspecified atom stereocenters. The van der Waals surface area contributed by atoms with Crippen molar-refractivity contribution in [2.75, 3.05) is 0 Å². The Hall–Kier alpha value is -2.08. The van der Waals surface area contributed by atoms with Gasteiger partial charge < -0.3 is 4.98 Å². The highest BCUT2D eigenvalue weighted by atomic mass is 14.9. The van der Waals surface area contributed by atoms with E-state index in [1.54, 1.807) is 6.20 Å². The van der Waals surface area contributed by atoms with E-state index in [0.717, 1.165) is 17.1 Å². The first-order valence-electron chi connectivity index (χ1n) is 5.19. The average molecular weight is 211 g/mol. The molecule has 0 atom stereocenters. The molecular formula is C13H13N3. The number of imidazole rings is 1. The van der Waals surface area contributed by atoms with Crippen molar-refractivity contribution >= 4 is 0 Å². The summed E-state index contributed by atoms with van der Waals surface area (Å²) in [7, 11) is 0. The van der Waals surface area contributed by atoms with Crippen molar-refractivity contribution in [2.24, 2.45) is 0 Å². The molecule has 0 spiro atoms. The van der Waals surface area contributed by atoms with E-state index in [2.05, 4.69) is 48.1 Å². The minimum absolute atomic E-state index is 0.373. The Bertz CT molecular complexity index is 547. The number of rotatable bonds is 2. The molecule has 0 radical (unpaired) electrons. The summed E-state index contributed by atoms with van der Waals surface area (Å²) in [6, 6.07) is 8.37. The fraction of sp³-hybridized carbons (Fsp3) is 0.231. The predicted octanol–water partition coefficient (Wildman–Crippen LogP) is 2.76. The third-order valence-corrected chi connectivity index (χ3v) is 2.55. The molecule has 0 saturated heterocycles. The number of aromatic amines is 1. The number of nitrogens with zero attached hydrogens (tertiary/aromatic N) is 2. The van der Waals surface area contributed by atoms with Crippen molar-refractivity contribution < 1.29 is 0 Å². The fourth-order valence-corrected chi connectivity index (χ4v) is 1.66. The van der Waals surface area contributed by atoms with Gasteiger partial charge in [0.25, 0.3) is 0 Å². The third-order valence-electron chi connectivity index (χ3n) is 2.55. The Balaban J connectivity index is 2.42. The first kappa shape index (κ1) is 10.4. The first-order valence-corrected chi connectivity index (χ1v) is 5.19. The Morgan fingerprint density at radius 1 is 1.38 bits per heavy atom. The predicted molar refractivity (Wildman–Crippen MR) is 62.8 cm³/mol. The van der Waals surface area contributed by atoms with E-state index in [-0.39, 0.29) is 0 Å². The summed E-state index contributed by atoms with van der Waals surface area (Å²) in [5.41, 5.74) is 4.35. The van der Waals surface area contributed by atoms with Crippen LogP contribution in [0, 0.1) is 25.2 Å². The van der Waals surface area contributed by atoms with Crippen LogP contribution in [0.2, 0.25) is 0 Å². The van der Waals surface area contributed by atoms with Gasteiger partial charge in [-0.15, -0.1) is 0 Å². The summed E-state index contributed by atoms with van der Waals surface area (Å²) in [5.74, 6) is 0.839. The second-order valence-electron chi connectivity index (χ2n) is 3.91. The molecule has 3 nitrogen and oxygen atoms in total. The largest absolute Gasteiger partial charge is 0.341 e. The maximum Gasteiger partial charge on any atom is 0.137 e. The van der Waals surface area contributed by atoms with Gasteiger partial charge in [0.15, 0.2) is 0 Å². The monoisotopic (exact) mass is 211 g/mol. The molecule has 1 aromatic heterocycles. The van der Waals surface area contributed by atoms with E-state index < -0.39 is 0 Å². The molecule has 0 amide bonds. The van der Waals surface area contributed by atoms with Crippen LogP contribution in [0.4, 0.5) is 0 Å². The lowest BCUT2D eigenvalue weighted by Gasteiger charge is -2.03. The van der Waals surface area contributed by atoms with Gasteiger partial charge in [0.2, 0.25) is 0 Å². The minimum atomic E-state index is 0.373. The zero-order chi connectivity index (χ0) is 11.5. The van der Waals surface area contributed by atoms with Crippen LogP contribution in [-0.2, 0) is 6.42 Å². The van der Waals surface area contributed by atoms with Crippen molar-refractivity contribution in [1.29, 1.82) is 5.26 Å². The number of nitriles is 1. The second-order valence-corrected chi connectivity index (χ2v) is 3.91. The molecule has 2 aromatic rings. The van der Waals surface area contributed by atoms with E-state index in [1.807, 2.05) is 0 Å². The lowest BCUT2D eigenvalue weighted by Crippen LogP contribution is -1.87. The highest BCUT2D eigenvalue weighted by Crippen LogP contribution is 2.21. The van der Waals surface area contributed by atoms with Crippen LogP contribution in [0.5, 0.6) is 0 Å².